The minimum absolute atomic E-state index is 0.0407. The van der Waals surface area contributed by atoms with Gasteiger partial charge in [0.2, 0.25) is 0 Å². The molecule has 92 valence electrons. The van der Waals surface area contributed by atoms with Gasteiger partial charge in [-0.1, -0.05) is 23.2 Å². The topological polar surface area (TPSA) is 60.8 Å². The predicted molar refractivity (Wildman–Crippen MR) is 64.6 cm³/mol. The molecule has 0 spiro atoms. The second-order valence-electron chi connectivity index (χ2n) is 4.14. The van der Waals surface area contributed by atoms with Crippen LogP contribution in [0.25, 0.3) is 0 Å². The first-order chi connectivity index (χ1) is 7.90. The van der Waals surface area contributed by atoms with E-state index in [2.05, 4.69) is 0 Å². The van der Waals surface area contributed by atoms with Crippen LogP contribution in [0.15, 0.2) is 18.2 Å². The summed E-state index contributed by atoms with van der Waals surface area (Å²) in [5.74, 6) is 0. The maximum absolute atomic E-state index is 10.8. The van der Waals surface area contributed by atoms with Gasteiger partial charge in [-0.25, -0.2) is 4.79 Å². The lowest BCUT2D eigenvalue weighted by molar-refractivity contribution is 0.0459. The highest BCUT2D eigenvalue weighted by Crippen LogP contribution is 2.34. The van der Waals surface area contributed by atoms with Crippen LogP contribution in [-0.4, -0.2) is 34.3 Å². The Labute approximate surface area is 108 Å². The van der Waals surface area contributed by atoms with Crippen molar-refractivity contribution in [1.82, 2.24) is 4.90 Å². The molecule has 0 radical (unpaired) electrons. The molecular formula is C11H11Cl2NO3. The third-order valence-corrected chi connectivity index (χ3v) is 3.35. The number of nitrogens with zero attached hydrogens (tertiary/aromatic N) is 1. The van der Waals surface area contributed by atoms with Gasteiger partial charge in [-0.3, -0.25) is 0 Å². The molecule has 0 aromatic heterocycles. The van der Waals surface area contributed by atoms with Gasteiger partial charge in [0.15, 0.2) is 0 Å². The van der Waals surface area contributed by atoms with Crippen LogP contribution in [0.2, 0.25) is 10.0 Å². The summed E-state index contributed by atoms with van der Waals surface area (Å²) in [4.78, 5) is 12.0. The zero-order valence-corrected chi connectivity index (χ0v) is 10.4. The van der Waals surface area contributed by atoms with E-state index in [1.807, 2.05) is 0 Å². The van der Waals surface area contributed by atoms with Crippen LogP contribution in [0.3, 0.4) is 0 Å². The molecule has 1 amide bonds. The average molecular weight is 276 g/mol. The van der Waals surface area contributed by atoms with Crippen molar-refractivity contribution >= 4 is 29.3 Å². The zero-order chi connectivity index (χ0) is 12.6. The fourth-order valence-corrected chi connectivity index (χ4v) is 2.54. The molecular weight excluding hydrogens is 265 g/mol. The van der Waals surface area contributed by atoms with E-state index < -0.39 is 11.7 Å². The molecule has 1 saturated heterocycles. The second-order valence-corrected chi connectivity index (χ2v) is 5.02. The van der Waals surface area contributed by atoms with Crippen molar-refractivity contribution in [2.75, 3.05) is 13.1 Å². The number of rotatable bonds is 1. The number of β-amino-alcohol motifs (C(OH)–C–C–N with tert-alkyl or cyclic N) is 1. The number of hydrogen-bond acceptors (Lipinski definition) is 2. The quantitative estimate of drug-likeness (QED) is 0.828. The number of aliphatic hydroxyl groups is 1. The van der Waals surface area contributed by atoms with Crippen molar-refractivity contribution in [3.63, 3.8) is 0 Å². The minimum atomic E-state index is -1.20. The van der Waals surface area contributed by atoms with E-state index in [1.54, 1.807) is 18.2 Å². The number of halogens is 2. The summed E-state index contributed by atoms with van der Waals surface area (Å²) in [5, 5.41) is 20.1. The van der Waals surface area contributed by atoms with E-state index in [-0.39, 0.29) is 6.54 Å². The molecule has 1 unspecified atom stereocenters. The first-order valence-electron chi connectivity index (χ1n) is 5.07. The van der Waals surface area contributed by atoms with Crippen LogP contribution in [0, 0.1) is 0 Å². The summed E-state index contributed by atoms with van der Waals surface area (Å²) in [5.41, 5.74) is -0.647. The Hall–Kier alpha value is -0.970. The molecule has 1 aliphatic heterocycles. The maximum atomic E-state index is 10.8. The lowest BCUT2D eigenvalue weighted by atomic mass is 9.93. The molecule has 1 aromatic carbocycles. The zero-order valence-electron chi connectivity index (χ0n) is 8.86. The molecule has 4 nitrogen and oxygen atoms in total. The van der Waals surface area contributed by atoms with Crippen molar-refractivity contribution in [2.45, 2.75) is 12.0 Å². The van der Waals surface area contributed by atoms with Gasteiger partial charge >= 0.3 is 6.09 Å². The second kappa shape index (κ2) is 4.37. The van der Waals surface area contributed by atoms with Gasteiger partial charge in [0.25, 0.3) is 0 Å². The maximum Gasteiger partial charge on any atom is 0.407 e. The molecule has 2 rings (SSSR count). The molecule has 1 atom stereocenters. The van der Waals surface area contributed by atoms with Crippen molar-refractivity contribution in [2.24, 2.45) is 0 Å². The molecule has 2 N–H and O–H groups in total. The van der Waals surface area contributed by atoms with Crippen LogP contribution in [0.1, 0.15) is 12.0 Å². The summed E-state index contributed by atoms with van der Waals surface area (Å²) in [6, 6.07) is 4.79. The lowest BCUT2D eigenvalue weighted by Gasteiger charge is -2.23. The fraction of sp³-hybridized carbons (Fsp3) is 0.364. The molecule has 17 heavy (non-hydrogen) atoms. The standard InChI is InChI=1S/C11H11Cl2NO3/c12-8-3-7(4-9(13)5-8)11(17)1-2-14(6-11)10(15)16/h3-5,17H,1-2,6H2,(H,15,16). The van der Waals surface area contributed by atoms with E-state index in [1.165, 1.54) is 4.90 Å². The highest BCUT2D eigenvalue weighted by molar-refractivity contribution is 6.34. The van der Waals surface area contributed by atoms with E-state index in [0.717, 1.165) is 0 Å². The predicted octanol–water partition coefficient (Wildman–Crippen LogP) is 2.56. The molecule has 0 saturated carbocycles. The van der Waals surface area contributed by atoms with Gasteiger partial charge in [-0.15, -0.1) is 0 Å². The average Bonchev–Trinajstić information content (AvgIpc) is 2.61. The lowest BCUT2D eigenvalue weighted by Crippen LogP contribution is -2.33. The highest BCUT2D eigenvalue weighted by Gasteiger charge is 2.39. The third kappa shape index (κ3) is 2.49. The van der Waals surface area contributed by atoms with Crippen molar-refractivity contribution < 1.29 is 15.0 Å². The molecule has 1 fully saturated rings. The summed E-state index contributed by atoms with van der Waals surface area (Å²) >= 11 is 11.7. The summed E-state index contributed by atoms with van der Waals surface area (Å²) in [6.07, 6.45) is -0.690. The monoisotopic (exact) mass is 275 g/mol. The van der Waals surface area contributed by atoms with E-state index in [9.17, 15) is 9.90 Å². The summed E-state index contributed by atoms with van der Waals surface area (Å²) in [7, 11) is 0. The van der Waals surface area contributed by atoms with Crippen LogP contribution in [0.4, 0.5) is 4.79 Å². The van der Waals surface area contributed by atoms with E-state index >= 15 is 0 Å². The Morgan fingerprint density at radius 3 is 2.35 bits per heavy atom. The first-order valence-corrected chi connectivity index (χ1v) is 5.83. The summed E-state index contributed by atoms with van der Waals surface area (Å²) < 4.78 is 0. The molecule has 0 bridgehead atoms. The Bertz CT molecular complexity index is 446. The fourth-order valence-electron chi connectivity index (χ4n) is 2.02. The molecule has 0 aliphatic carbocycles. The van der Waals surface area contributed by atoms with Crippen LogP contribution in [-0.2, 0) is 5.60 Å². The SMILES string of the molecule is O=C(O)N1CCC(O)(c2cc(Cl)cc(Cl)c2)C1. The van der Waals surface area contributed by atoms with Gasteiger partial charge in [0.1, 0.15) is 5.60 Å². The Morgan fingerprint density at radius 2 is 1.88 bits per heavy atom. The van der Waals surface area contributed by atoms with Crippen molar-refractivity contribution in [3.05, 3.63) is 33.8 Å². The number of amides is 1. The molecule has 1 aliphatic rings. The van der Waals surface area contributed by atoms with E-state index in [4.69, 9.17) is 28.3 Å². The van der Waals surface area contributed by atoms with Crippen molar-refractivity contribution in [3.8, 4) is 0 Å². The number of benzene rings is 1. The third-order valence-electron chi connectivity index (χ3n) is 2.92. The number of carbonyl (C=O) groups is 1. The Balaban J connectivity index is 2.30. The molecule has 1 aromatic rings. The largest absolute Gasteiger partial charge is 0.465 e. The number of hydrogen-bond donors (Lipinski definition) is 2. The van der Waals surface area contributed by atoms with Gasteiger partial charge in [-0.05, 0) is 30.2 Å². The van der Waals surface area contributed by atoms with Crippen LogP contribution in [0.5, 0.6) is 0 Å². The number of carboxylic acid groups (broad SMARTS) is 1. The van der Waals surface area contributed by atoms with Crippen LogP contribution < -0.4 is 0 Å². The highest BCUT2D eigenvalue weighted by atomic mass is 35.5. The first kappa shape index (κ1) is 12.5. The van der Waals surface area contributed by atoms with Crippen LogP contribution >= 0.6 is 23.2 Å². The molecule has 1 heterocycles. The normalized spacial score (nSPS) is 24.1. The Morgan fingerprint density at radius 1 is 1.29 bits per heavy atom. The molecule has 6 heteroatoms. The van der Waals surface area contributed by atoms with Gasteiger partial charge in [-0.2, -0.15) is 0 Å². The van der Waals surface area contributed by atoms with Crippen molar-refractivity contribution in [1.29, 1.82) is 0 Å². The van der Waals surface area contributed by atoms with E-state index in [0.29, 0.717) is 28.6 Å². The van der Waals surface area contributed by atoms with Gasteiger partial charge < -0.3 is 15.1 Å². The minimum Gasteiger partial charge on any atom is -0.465 e. The summed E-state index contributed by atoms with van der Waals surface area (Å²) in [6.45, 7) is 0.342. The smallest absolute Gasteiger partial charge is 0.407 e. The van der Waals surface area contributed by atoms with Gasteiger partial charge in [0.05, 0.1) is 6.54 Å². The van der Waals surface area contributed by atoms with Gasteiger partial charge in [0, 0.05) is 16.6 Å². The number of likely N-dealkylation sites (tertiary alicyclic amines) is 1. The Kier molecular flexibility index (Phi) is 3.21.